The van der Waals surface area contributed by atoms with Gasteiger partial charge < -0.3 is 17.7 Å². The Bertz CT molecular complexity index is 1690. The number of allylic oxidation sites excluding steroid dienone is 2. The van der Waals surface area contributed by atoms with Crippen molar-refractivity contribution in [3.63, 3.8) is 0 Å². The fourth-order valence-electron chi connectivity index (χ4n) is 14.3. The normalized spacial score (nSPS) is 17.5. The Morgan fingerprint density at radius 1 is 0.328 bits per heavy atom. The molecule has 0 spiro atoms. The van der Waals surface area contributed by atoms with Crippen LogP contribution < -0.4 is 8.85 Å². The molecule has 0 N–H and O–H groups in total. The molecule has 0 aromatic heterocycles. The van der Waals surface area contributed by atoms with Crippen LogP contribution in [0.15, 0.2) is 48.6 Å². The SMILES string of the molecule is CC(C)[Si](OC1=CC(CCC2C=C(O[Si](C(C)C)(C(C)C)C(C)C)c3cccc(O[Si](C(C)C)(C(C)C)C(C)C)c32)c2c(O[Si](C(C)C)(C(C)C)C(C)C)cccc21)(C(C)C)C(C)C. The highest BCUT2D eigenvalue weighted by atomic mass is 28.4. The van der Waals surface area contributed by atoms with Crippen LogP contribution in [0.3, 0.4) is 0 Å². The van der Waals surface area contributed by atoms with E-state index in [0.29, 0.717) is 66.5 Å². The molecular formula is C56H98O4Si4. The van der Waals surface area contributed by atoms with Gasteiger partial charge in [0, 0.05) is 34.1 Å². The first kappa shape index (κ1) is 54.6. The topological polar surface area (TPSA) is 36.9 Å². The first-order chi connectivity index (χ1) is 29.6. The molecule has 0 fully saturated rings. The zero-order valence-corrected chi connectivity index (χ0v) is 49.7. The highest BCUT2D eigenvalue weighted by molar-refractivity contribution is 6.80. The van der Waals surface area contributed by atoms with Gasteiger partial charge in [0.05, 0.1) is 0 Å². The summed E-state index contributed by atoms with van der Waals surface area (Å²) in [5.41, 5.74) is 10.9. The van der Waals surface area contributed by atoms with Gasteiger partial charge in [-0.2, -0.15) is 0 Å². The molecule has 8 heteroatoms. The Balaban J connectivity index is 1.98. The number of hydrogen-bond acceptors (Lipinski definition) is 4. The summed E-state index contributed by atoms with van der Waals surface area (Å²) < 4.78 is 30.8. The summed E-state index contributed by atoms with van der Waals surface area (Å²) in [5, 5.41) is 0. The van der Waals surface area contributed by atoms with E-state index in [9.17, 15) is 0 Å². The van der Waals surface area contributed by atoms with E-state index in [2.05, 4.69) is 215 Å². The molecule has 0 saturated heterocycles. The Morgan fingerprint density at radius 3 is 0.766 bits per heavy atom. The molecule has 2 aromatic rings. The second-order valence-corrected chi connectivity index (χ2v) is 45.5. The standard InChI is InChI=1S/C56H98O4Si4/c1-35(2)61(36(3)4,37(5)6)57-51-29-25-27-49-53(59-63(41(13)14,42(15)16)43(17)18)33-47(55(49)51)31-32-48-34-54(60-64(44(19)20,45(21)22)46(23)24)50-28-26-30-52(56(48)50)58-62(38(7)8,39(9)10)40(11)12/h25-30,33-48H,31-32H2,1-24H3. The molecule has 2 unspecified atom stereocenters. The Kier molecular flexibility index (Phi) is 18.0. The summed E-state index contributed by atoms with van der Waals surface area (Å²) >= 11 is 0. The van der Waals surface area contributed by atoms with Crippen LogP contribution in [-0.4, -0.2) is 33.3 Å². The highest BCUT2D eigenvalue weighted by Crippen LogP contribution is 2.56. The second kappa shape index (κ2) is 21.1. The van der Waals surface area contributed by atoms with Crippen LogP contribution in [0.4, 0.5) is 0 Å². The van der Waals surface area contributed by atoms with Crippen molar-refractivity contribution in [2.24, 2.45) is 0 Å². The summed E-state index contributed by atoms with van der Waals surface area (Å²) in [7, 11) is -9.05. The van der Waals surface area contributed by atoms with Gasteiger partial charge in [0.1, 0.15) is 23.0 Å². The maximum Gasteiger partial charge on any atom is 0.258 e. The van der Waals surface area contributed by atoms with E-state index in [1.807, 2.05) is 0 Å². The molecule has 0 radical (unpaired) electrons. The van der Waals surface area contributed by atoms with Crippen LogP contribution in [0.25, 0.3) is 11.5 Å². The van der Waals surface area contributed by atoms with E-state index in [4.69, 9.17) is 17.7 Å². The molecule has 4 nitrogen and oxygen atoms in total. The van der Waals surface area contributed by atoms with Crippen LogP contribution in [0.2, 0.25) is 66.5 Å². The van der Waals surface area contributed by atoms with E-state index in [0.717, 1.165) is 35.9 Å². The Hall–Kier alpha value is -2.01. The summed E-state index contributed by atoms with van der Waals surface area (Å²) in [5.74, 6) is 4.70. The third-order valence-electron chi connectivity index (χ3n) is 16.9. The first-order valence-electron chi connectivity index (χ1n) is 26.1. The van der Waals surface area contributed by atoms with E-state index in [1.54, 1.807) is 0 Å². The van der Waals surface area contributed by atoms with Crippen molar-refractivity contribution in [2.75, 3.05) is 0 Å². The lowest BCUT2D eigenvalue weighted by Gasteiger charge is -2.43. The second-order valence-electron chi connectivity index (χ2n) is 24.0. The molecular weight excluding hydrogens is 849 g/mol. The predicted octanol–water partition coefficient (Wildman–Crippen LogP) is 19.5. The van der Waals surface area contributed by atoms with Gasteiger partial charge in [-0.25, -0.2) is 0 Å². The van der Waals surface area contributed by atoms with Crippen molar-refractivity contribution in [3.05, 3.63) is 70.8 Å². The lowest BCUT2D eigenvalue weighted by molar-refractivity contribution is 0.444. The van der Waals surface area contributed by atoms with Crippen molar-refractivity contribution >= 4 is 44.8 Å². The molecule has 0 amide bonds. The molecule has 2 aromatic carbocycles. The van der Waals surface area contributed by atoms with Gasteiger partial charge in [-0.15, -0.1) is 0 Å². The quantitative estimate of drug-likeness (QED) is 0.104. The van der Waals surface area contributed by atoms with Gasteiger partial charge >= 0.3 is 0 Å². The van der Waals surface area contributed by atoms with Crippen LogP contribution in [0, 0.1) is 0 Å². The van der Waals surface area contributed by atoms with Crippen molar-refractivity contribution in [3.8, 4) is 11.5 Å². The van der Waals surface area contributed by atoms with Gasteiger partial charge in [-0.3, -0.25) is 0 Å². The minimum Gasteiger partial charge on any atom is -0.542 e. The number of hydrogen-bond donors (Lipinski definition) is 0. The first-order valence-corrected chi connectivity index (χ1v) is 34.6. The van der Waals surface area contributed by atoms with Crippen molar-refractivity contribution in [1.29, 1.82) is 0 Å². The molecule has 2 aliphatic rings. The van der Waals surface area contributed by atoms with E-state index in [-0.39, 0.29) is 11.8 Å². The smallest absolute Gasteiger partial charge is 0.258 e. The lowest BCUT2D eigenvalue weighted by atomic mass is 9.88. The van der Waals surface area contributed by atoms with Crippen LogP contribution in [0.5, 0.6) is 11.5 Å². The zero-order valence-electron chi connectivity index (χ0n) is 45.7. The molecule has 362 valence electrons. The largest absolute Gasteiger partial charge is 0.542 e. The van der Waals surface area contributed by atoms with Gasteiger partial charge in [0.2, 0.25) is 0 Å². The Morgan fingerprint density at radius 2 is 0.547 bits per heavy atom. The fraction of sp³-hybridized carbons (Fsp3) is 0.714. The molecule has 2 atom stereocenters. The van der Waals surface area contributed by atoms with Gasteiger partial charge in [0.15, 0.2) is 0 Å². The summed E-state index contributed by atoms with van der Waals surface area (Å²) in [6.45, 7) is 57.7. The maximum absolute atomic E-state index is 7.71. The summed E-state index contributed by atoms with van der Waals surface area (Å²) in [6.07, 6.45) is 7.00. The van der Waals surface area contributed by atoms with Crippen LogP contribution in [0.1, 0.15) is 213 Å². The third-order valence-corrected chi connectivity index (χ3v) is 40.8. The fourth-order valence-corrected chi connectivity index (χ4v) is 35.4. The minimum atomic E-state index is -2.27. The predicted molar refractivity (Wildman–Crippen MR) is 291 cm³/mol. The molecule has 0 bridgehead atoms. The van der Waals surface area contributed by atoms with Crippen LogP contribution >= 0.6 is 0 Å². The van der Waals surface area contributed by atoms with Crippen molar-refractivity contribution in [1.82, 2.24) is 0 Å². The molecule has 64 heavy (non-hydrogen) atoms. The lowest BCUT2D eigenvalue weighted by Crippen LogP contribution is -2.51. The number of rotatable bonds is 23. The summed E-state index contributed by atoms with van der Waals surface area (Å²) in [4.78, 5) is 0. The average Bonchev–Trinajstić information content (AvgIpc) is 3.72. The Labute approximate surface area is 400 Å². The number of benzene rings is 2. The zero-order chi connectivity index (χ0) is 48.6. The minimum absolute atomic E-state index is 0.165. The van der Waals surface area contributed by atoms with Crippen molar-refractivity contribution in [2.45, 2.75) is 257 Å². The van der Waals surface area contributed by atoms with E-state index >= 15 is 0 Å². The van der Waals surface area contributed by atoms with E-state index in [1.165, 1.54) is 22.3 Å². The monoisotopic (exact) mass is 947 g/mol. The van der Waals surface area contributed by atoms with Gasteiger partial charge in [-0.1, -0.05) is 190 Å². The molecule has 0 heterocycles. The molecule has 2 aliphatic carbocycles. The van der Waals surface area contributed by atoms with Gasteiger partial charge in [0.25, 0.3) is 33.3 Å². The molecule has 4 rings (SSSR count). The molecule has 0 aliphatic heterocycles. The average molecular weight is 948 g/mol. The molecule has 0 saturated carbocycles. The third kappa shape index (κ3) is 9.66. The van der Waals surface area contributed by atoms with Crippen LogP contribution in [-0.2, 0) is 8.85 Å². The van der Waals surface area contributed by atoms with E-state index < -0.39 is 33.3 Å². The summed E-state index contributed by atoms with van der Waals surface area (Å²) in [6, 6.07) is 13.7. The highest BCUT2D eigenvalue weighted by Gasteiger charge is 2.52. The maximum atomic E-state index is 7.71. The number of fused-ring (bicyclic) bond motifs is 2. The van der Waals surface area contributed by atoms with Gasteiger partial charge in [-0.05, 0) is 104 Å². The van der Waals surface area contributed by atoms with Crippen molar-refractivity contribution < 1.29 is 17.7 Å².